The van der Waals surface area contributed by atoms with E-state index < -0.39 is 0 Å². The molecular formula is C46H30N3-. The minimum Gasteiger partial charge on any atom is -0.681 e. The molecule has 0 amide bonds. The van der Waals surface area contributed by atoms with Crippen molar-refractivity contribution in [2.75, 3.05) is 6.54 Å². The highest BCUT2D eigenvalue weighted by Crippen LogP contribution is 2.42. The second kappa shape index (κ2) is 11.1. The van der Waals surface area contributed by atoms with Gasteiger partial charge in [0.05, 0.1) is 22.4 Å². The summed E-state index contributed by atoms with van der Waals surface area (Å²) in [7, 11) is 0. The maximum atomic E-state index is 4.75. The standard InChI is InChI=1S/C46H30N3/c1-2-12-35-30(10-1)11-9-17-44(35)49-45-29-32(34-24-25-39(43-16-6-8-27-48-43)38-14-4-3-13-37(34)38)18-22-40(45)41-23-19-31-28-33(20-21-36(31)46(41)49)42-15-5-7-26-47-42/h1-25,27-29H,26H2/q-1. The maximum Gasteiger partial charge on any atom is 0.0708 e. The Labute approximate surface area is 284 Å². The predicted octanol–water partition coefficient (Wildman–Crippen LogP) is 12.3. The van der Waals surface area contributed by atoms with Gasteiger partial charge in [-0.05, 0) is 68.6 Å². The van der Waals surface area contributed by atoms with Gasteiger partial charge in [-0.2, -0.15) is 0 Å². The summed E-state index contributed by atoms with van der Waals surface area (Å²) in [6.45, 7) is 0.724. The lowest BCUT2D eigenvalue weighted by Gasteiger charge is -2.26. The number of nitrogens with zero attached hydrogens (tertiary/aromatic N) is 3. The van der Waals surface area contributed by atoms with Gasteiger partial charge in [0.1, 0.15) is 0 Å². The zero-order valence-corrected chi connectivity index (χ0v) is 26.7. The van der Waals surface area contributed by atoms with Crippen LogP contribution in [-0.2, 0) is 0 Å². The van der Waals surface area contributed by atoms with Gasteiger partial charge in [-0.1, -0.05) is 127 Å². The van der Waals surface area contributed by atoms with Crippen LogP contribution in [0, 0.1) is 0 Å². The molecule has 2 aromatic heterocycles. The Hall–Kier alpha value is -6.45. The Morgan fingerprint density at radius 3 is 2.14 bits per heavy atom. The molecule has 0 N–H and O–H groups in total. The average molecular weight is 625 g/mol. The molecular weight excluding hydrogens is 595 g/mol. The third-order valence-corrected chi connectivity index (χ3v) is 9.98. The summed E-state index contributed by atoms with van der Waals surface area (Å²) in [5, 5.41) is 14.5. The summed E-state index contributed by atoms with van der Waals surface area (Å²) in [4.78, 5) is 4.68. The van der Waals surface area contributed by atoms with Crippen LogP contribution in [0.3, 0.4) is 0 Å². The zero-order valence-electron chi connectivity index (χ0n) is 26.7. The Bertz CT molecular complexity index is 2810. The van der Waals surface area contributed by atoms with Crippen LogP contribution in [0.15, 0.2) is 170 Å². The molecule has 0 saturated heterocycles. The second-order valence-electron chi connectivity index (χ2n) is 12.7. The number of benzene rings is 7. The summed E-state index contributed by atoms with van der Waals surface area (Å²) in [5.74, 6) is 0. The van der Waals surface area contributed by atoms with Crippen molar-refractivity contribution < 1.29 is 0 Å². The Kier molecular flexibility index (Phi) is 6.25. The summed E-state index contributed by atoms with van der Waals surface area (Å²) in [6.07, 6.45) is 8.15. The highest BCUT2D eigenvalue weighted by Gasteiger charge is 2.19. The minimum absolute atomic E-state index is 0.724. The van der Waals surface area contributed by atoms with E-state index in [2.05, 4.69) is 167 Å². The fraction of sp³-hybridized carbons (Fsp3) is 0.0217. The minimum atomic E-state index is 0.724. The van der Waals surface area contributed by atoms with E-state index in [-0.39, 0.29) is 0 Å². The van der Waals surface area contributed by atoms with E-state index in [1.54, 1.807) is 0 Å². The molecule has 0 aliphatic carbocycles. The molecule has 0 unspecified atom stereocenters. The quantitative estimate of drug-likeness (QED) is 0.192. The van der Waals surface area contributed by atoms with Crippen molar-refractivity contribution in [2.45, 2.75) is 0 Å². The molecule has 0 atom stereocenters. The first-order valence-corrected chi connectivity index (χ1v) is 16.8. The van der Waals surface area contributed by atoms with Crippen molar-refractivity contribution in [1.82, 2.24) is 9.55 Å². The number of pyridine rings is 1. The lowest BCUT2D eigenvalue weighted by atomic mass is 9.93. The van der Waals surface area contributed by atoms with Crippen LogP contribution in [0.1, 0.15) is 5.56 Å². The summed E-state index contributed by atoms with van der Waals surface area (Å²) >= 11 is 0. The van der Waals surface area contributed by atoms with E-state index >= 15 is 0 Å². The molecule has 0 fully saturated rings. The lowest BCUT2D eigenvalue weighted by molar-refractivity contribution is 1.20. The molecule has 10 rings (SSSR count). The number of hydrogen-bond acceptors (Lipinski definition) is 1. The van der Waals surface area contributed by atoms with Crippen molar-refractivity contribution in [2.24, 2.45) is 0 Å². The Morgan fingerprint density at radius 2 is 1.29 bits per heavy atom. The smallest absolute Gasteiger partial charge is 0.0708 e. The first-order chi connectivity index (χ1) is 24.3. The summed E-state index contributed by atoms with van der Waals surface area (Å²) in [5.41, 5.74) is 10.3. The van der Waals surface area contributed by atoms with Gasteiger partial charge in [-0.15, -0.1) is 18.3 Å². The van der Waals surface area contributed by atoms with Crippen molar-refractivity contribution in [3.05, 3.63) is 181 Å². The van der Waals surface area contributed by atoms with Gasteiger partial charge >= 0.3 is 0 Å². The molecule has 9 aromatic rings. The molecule has 0 saturated carbocycles. The molecule has 3 heterocycles. The molecule has 0 bridgehead atoms. The van der Waals surface area contributed by atoms with Crippen LogP contribution in [0.2, 0.25) is 0 Å². The largest absolute Gasteiger partial charge is 0.681 e. The summed E-state index contributed by atoms with van der Waals surface area (Å²) in [6, 6.07) is 53.0. The van der Waals surface area contributed by atoms with Crippen LogP contribution < -0.4 is 0 Å². The van der Waals surface area contributed by atoms with Gasteiger partial charge < -0.3 is 9.88 Å². The number of hydrogen-bond donors (Lipinski definition) is 0. The molecule has 1 aliphatic rings. The molecule has 49 heavy (non-hydrogen) atoms. The Balaban J connectivity index is 1.27. The molecule has 0 radical (unpaired) electrons. The van der Waals surface area contributed by atoms with E-state index in [4.69, 9.17) is 5.32 Å². The molecule has 7 aromatic carbocycles. The third kappa shape index (κ3) is 4.40. The normalized spacial score (nSPS) is 13.0. The monoisotopic (exact) mass is 624 g/mol. The first kappa shape index (κ1) is 27.6. The average Bonchev–Trinajstić information content (AvgIpc) is 3.51. The van der Waals surface area contributed by atoms with Crippen molar-refractivity contribution in [3.8, 4) is 28.1 Å². The molecule has 1 aliphatic heterocycles. The predicted molar refractivity (Wildman–Crippen MR) is 207 cm³/mol. The lowest BCUT2D eigenvalue weighted by Crippen LogP contribution is -1.97. The van der Waals surface area contributed by atoms with Gasteiger partial charge in [-0.25, -0.2) is 0 Å². The second-order valence-corrected chi connectivity index (χ2v) is 12.7. The highest BCUT2D eigenvalue weighted by molar-refractivity contribution is 6.20. The molecule has 0 spiro atoms. The third-order valence-electron chi connectivity index (χ3n) is 9.98. The van der Waals surface area contributed by atoms with Crippen molar-refractivity contribution in [3.63, 3.8) is 0 Å². The Morgan fingerprint density at radius 1 is 0.531 bits per heavy atom. The number of aromatic nitrogens is 2. The van der Waals surface area contributed by atoms with Crippen LogP contribution in [-0.4, -0.2) is 16.1 Å². The number of fused-ring (bicyclic) bond motifs is 7. The van der Waals surface area contributed by atoms with E-state index in [1.165, 1.54) is 70.9 Å². The molecule has 3 heteroatoms. The fourth-order valence-electron chi connectivity index (χ4n) is 7.72. The van der Waals surface area contributed by atoms with Gasteiger partial charge in [0.15, 0.2) is 0 Å². The number of rotatable bonds is 4. The first-order valence-electron chi connectivity index (χ1n) is 16.8. The van der Waals surface area contributed by atoms with Gasteiger partial charge in [0, 0.05) is 33.3 Å². The van der Waals surface area contributed by atoms with E-state index in [1.807, 2.05) is 12.3 Å². The van der Waals surface area contributed by atoms with Crippen LogP contribution in [0.25, 0.3) is 93.2 Å². The maximum absolute atomic E-state index is 4.75. The summed E-state index contributed by atoms with van der Waals surface area (Å²) < 4.78 is 2.50. The SMILES string of the molecule is C1=CC[N-]C(c2ccc3c(ccc4c5ccc(-c6ccc(-c7ccccn7)c7ccccc67)cc5n(-c5cccc6ccccc56)c34)c2)=C1. The van der Waals surface area contributed by atoms with Crippen LogP contribution in [0.4, 0.5) is 0 Å². The van der Waals surface area contributed by atoms with E-state index in [0.29, 0.717) is 0 Å². The van der Waals surface area contributed by atoms with E-state index in [0.717, 1.165) is 29.1 Å². The van der Waals surface area contributed by atoms with Gasteiger partial charge in [0.25, 0.3) is 0 Å². The highest BCUT2D eigenvalue weighted by atomic mass is 15.0. The molecule has 230 valence electrons. The fourth-order valence-corrected chi connectivity index (χ4v) is 7.72. The van der Waals surface area contributed by atoms with Crippen molar-refractivity contribution >= 4 is 59.8 Å². The van der Waals surface area contributed by atoms with Gasteiger partial charge in [-0.3, -0.25) is 4.98 Å². The van der Waals surface area contributed by atoms with Crippen molar-refractivity contribution in [1.29, 1.82) is 0 Å². The number of allylic oxidation sites excluding steroid dienone is 2. The van der Waals surface area contributed by atoms with E-state index in [9.17, 15) is 0 Å². The van der Waals surface area contributed by atoms with Crippen LogP contribution in [0.5, 0.6) is 0 Å². The topological polar surface area (TPSA) is 31.9 Å². The van der Waals surface area contributed by atoms with Crippen LogP contribution >= 0.6 is 0 Å². The van der Waals surface area contributed by atoms with Gasteiger partial charge in [0.2, 0.25) is 0 Å². The zero-order chi connectivity index (χ0) is 32.3. The molecule has 3 nitrogen and oxygen atoms in total.